The minimum atomic E-state index is -4.79. The smallest absolute Gasteiger partial charge is 0.416 e. The van der Waals surface area contributed by atoms with Crippen LogP contribution in [0.15, 0.2) is 18.2 Å². The molecule has 18 heavy (non-hydrogen) atoms. The van der Waals surface area contributed by atoms with Crippen LogP contribution in [0, 0.1) is 5.82 Å². The Kier molecular flexibility index (Phi) is 5.56. The Balaban J connectivity index is 0.00000289. The Hall–Kier alpha value is -1.34. The molecule has 8 heteroatoms. The van der Waals surface area contributed by atoms with Crippen LogP contribution in [0.3, 0.4) is 0 Å². The molecule has 0 unspecified atom stereocenters. The highest BCUT2D eigenvalue weighted by molar-refractivity contribution is 5.85. The van der Waals surface area contributed by atoms with Gasteiger partial charge in [0.15, 0.2) is 0 Å². The minimum absolute atomic E-state index is 0. The van der Waals surface area contributed by atoms with Gasteiger partial charge in [-0.25, -0.2) is 4.39 Å². The molecule has 0 aromatic heterocycles. The Morgan fingerprint density at radius 3 is 2.39 bits per heavy atom. The van der Waals surface area contributed by atoms with Crippen LogP contribution in [0.25, 0.3) is 0 Å². The molecule has 0 saturated carbocycles. The second-order valence-electron chi connectivity index (χ2n) is 3.20. The molecule has 0 bridgehead atoms. The van der Waals surface area contributed by atoms with Crippen molar-refractivity contribution >= 4 is 18.4 Å². The molecule has 0 aliphatic carbocycles. The predicted molar refractivity (Wildman–Crippen MR) is 57.6 cm³/mol. The number of rotatable bonds is 2. The van der Waals surface area contributed by atoms with Gasteiger partial charge in [0.05, 0.1) is 12.7 Å². The molecular formula is C10H10ClF4NO2. The van der Waals surface area contributed by atoms with E-state index in [9.17, 15) is 22.4 Å². The van der Waals surface area contributed by atoms with Crippen molar-refractivity contribution in [3.8, 4) is 0 Å². The second kappa shape index (κ2) is 6.01. The van der Waals surface area contributed by atoms with Crippen molar-refractivity contribution in [1.29, 1.82) is 0 Å². The van der Waals surface area contributed by atoms with Gasteiger partial charge < -0.3 is 10.5 Å². The molecule has 1 atom stereocenters. The van der Waals surface area contributed by atoms with E-state index < -0.39 is 35.1 Å². The van der Waals surface area contributed by atoms with E-state index in [0.717, 1.165) is 19.2 Å². The topological polar surface area (TPSA) is 52.3 Å². The molecular weight excluding hydrogens is 278 g/mol. The van der Waals surface area contributed by atoms with Crippen molar-refractivity contribution in [2.24, 2.45) is 5.73 Å². The highest BCUT2D eigenvalue weighted by atomic mass is 35.5. The molecule has 0 spiro atoms. The fraction of sp³-hybridized carbons (Fsp3) is 0.300. The van der Waals surface area contributed by atoms with Crippen molar-refractivity contribution in [1.82, 2.24) is 0 Å². The summed E-state index contributed by atoms with van der Waals surface area (Å²) in [6.07, 6.45) is -4.79. The normalized spacial score (nSPS) is 12.6. The summed E-state index contributed by atoms with van der Waals surface area (Å²) in [6.45, 7) is 0. The predicted octanol–water partition coefficient (Wildman–Crippen LogP) is 2.44. The summed E-state index contributed by atoms with van der Waals surface area (Å²) in [6, 6.07) is 0.540. The van der Waals surface area contributed by atoms with Crippen LogP contribution in [-0.2, 0) is 15.7 Å². The third kappa shape index (κ3) is 3.33. The molecule has 0 aliphatic rings. The SMILES string of the molecule is COC(=O)[C@@H](N)c1c(F)cccc1C(F)(F)F.Cl. The average Bonchev–Trinajstić information content (AvgIpc) is 2.25. The maximum absolute atomic E-state index is 13.3. The Labute approximate surface area is 106 Å². The number of carbonyl (C=O) groups is 1. The molecule has 3 nitrogen and oxygen atoms in total. The molecule has 0 heterocycles. The summed E-state index contributed by atoms with van der Waals surface area (Å²) in [5.41, 5.74) is 3.04. The summed E-state index contributed by atoms with van der Waals surface area (Å²) < 4.78 is 55.3. The van der Waals surface area contributed by atoms with Gasteiger partial charge in [0.25, 0.3) is 0 Å². The first-order chi connectivity index (χ1) is 7.79. The van der Waals surface area contributed by atoms with Crippen LogP contribution in [0.5, 0.6) is 0 Å². The number of benzene rings is 1. The fourth-order valence-corrected chi connectivity index (χ4v) is 1.35. The monoisotopic (exact) mass is 287 g/mol. The van der Waals surface area contributed by atoms with E-state index in [1.54, 1.807) is 0 Å². The van der Waals surface area contributed by atoms with Gasteiger partial charge in [0, 0.05) is 5.56 Å². The Morgan fingerprint density at radius 1 is 1.39 bits per heavy atom. The van der Waals surface area contributed by atoms with E-state index in [4.69, 9.17) is 5.73 Å². The zero-order valence-corrected chi connectivity index (χ0v) is 9.94. The molecule has 102 valence electrons. The lowest BCUT2D eigenvalue weighted by molar-refractivity contribution is -0.144. The number of hydrogen-bond acceptors (Lipinski definition) is 3. The van der Waals surface area contributed by atoms with Crippen LogP contribution in [0.4, 0.5) is 17.6 Å². The first-order valence-corrected chi connectivity index (χ1v) is 4.48. The van der Waals surface area contributed by atoms with Crippen molar-refractivity contribution < 1.29 is 27.1 Å². The van der Waals surface area contributed by atoms with E-state index in [1.165, 1.54) is 0 Å². The highest BCUT2D eigenvalue weighted by Gasteiger charge is 2.37. The van der Waals surface area contributed by atoms with Gasteiger partial charge in [-0.1, -0.05) is 6.07 Å². The highest BCUT2D eigenvalue weighted by Crippen LogP contribution is 2.35. The number of nitrogens with two attached hydrogens (primary N) is 1. The lowest BCUT2D eigenvalue weighted by Crippen LogP contribution is -2.27. The lowest BCUT2D eigenvalue weighted by atomic mass is 10.00. The first-order valence-electron chi connectivity index (χ1n) is 4.48. The number of halogens is 5. The zero-order chi connectivity index (χ0) is 13.2. The number of esters is 1. The van der Waals surface area contributed by atoms with Crippen LogP contribution in [-0.4, -0.2) is 13.1 Å². The number of carbonyl (C=O) groups excluding carboxylic acids is 1. The molecule has 2 N–H and O–H groups in total. The quantitative estimate of drug-likeness (QED) is 0.671. The van der Waals surface area contributed by atoms with Gasteiger partial charge >= 0.3 is 12.1 Å². The molecule has 1 rings (SSSR count). The summed E-state index contributed by atoms with van der Waals surface area (Å²) in [4.78, 5) is 11.1. The molecule has 1 aromatic carbocycles. The van der Waals surface area contributed by atoms with Gasteiger partial charge in [0.2, 0.25) is 0 Å². The zero-order valence-electron chi connectivity index (χ0n) is 9.12. The van der Waals surface area contributed by atoms with E-state index in [2.05, 4.69) is 4.74 Å². The van der Waals surface area contributed by atoms with Crippen LogP contribution < -0.4 is 5.73 Å². The molecule has 0 radical (unpaired) electrons. The van der Waals surface area contributed by atoms with Crippen molar-refractivity contribution in [3.63, 3.8) is 0 Å². The Bertz CT molecular complexity index is 436. The maximum Gasteiger partial charge on any atom is 0.416 e. The van der Waals surface area contributed by atoms with E-state index in [0.29, 0.717) is 6.07 Å². The van der Waals surface area contributed by atoms with Crippen LogP contribution in [0.2, 0.25) is 0 Å². The lowest BCUT2D eigenvalue weighted by Gasteiger charge is -2.17. The summed E-state index contributed by atoms with van der Waals surface area (Å²) >= 11 is 0. The second-order valence-corrected chi connectivity index (χ2v) is 3.20. The number of methoxy groups -OCH3 is 1. The molecule has 0 aliphatic heterocycles. The summed E-state index contributed by atoms with van der Waals surface area (Å²) in [5.74, 6) is -2.33. The summed E-state index contributed by atoms with van der Waals surface area (Å²) in [5, 5.41) is 0. The van der Waals surface area contributed by atoms with Gasteiger partial charge in [-0.15, -0.1) is 12.4 Å². The molecule has 1 aromatic rings. The van der Waals surface area contributed by atoms with Crippen LogP contribution in [0.1, 0.15) is 17.2 Å². The molecule has 0 saturated heterocycles. The standard InChI is InChI=1S/C10H9F4NO2.ClH/c1-17-9(16)8(15)7-5(10(12,13)14)3-2-4-6(7)11;/h2-4,8H,15H2,1H3;1H/t8-;/m0./s1. The van der Waals surface area contributed by atoms with Gasteiger partial charge in [-0.2, -0.15) is 13.2 Å². The maximum atomic E-state index is 13.3. The number of hydrogen-bond donors (Lipinski definition) is 1. The third-order valence-corrected chi connectivity index (χ3v) is 2.12. The molecule has 0 amide bonds. The first kappa shape index (κ1) is 16.7. The average molecular weight is 288 g/mol. The largest absolute Gasteiger partial charge is 0.468 e. The third-order valence-electron chi connectivity index (χ3n) is 2.12. The van der Waals surface area contributed by atoms with E-state index in [-0.39, 0.29) is 12.4 Å². The molecule has 0 fully saturated rings. The minimum Gasteiger partial charge on any atom is -0.468 e. The number of alkyl halides is 3. The van der Waals surface area contributed by atoms with Gasteiger partial charge in [-0.05, 0) is 12.1 Å². The van der Waals surface area contributed by atoms with Crippen molar-refractivity contribution in [3.05, 3.63) is 35.1 Å². The summed E-state index contributed by atoms with van der Waals surface area (Å²) in [7, 11) is 0.955. The van der Waals surface area contributed by atoms with Crippen molar-refractivity contribution in [2.75, 3.05) is 7.11 Å². The van der Waals surface area contributed by atoms with Gasteiger partial charge in [-0.3, -0.25) is 4.79 Å². The van der Waals surface area contributed by atoms with Gasteiger partial charge in [0.1, 0.15) is 11.9 Å². The van der Waals surface area contributed by atoms with Crippen LogP contribution >= 0.6 is 12.4 Å². The van der Waals surface area contributed by atoms with Crippen molar-refractivity contribution in [2.45, 2.75) is 12.2 Å². The fourth-order valence-electron chi connectivity index (χ4n) is 1.35. The van der Waals surface area contributed by atoms with E-state index >= 15 is 0 Å². The Morgan fingerprint density at radius 2 is 1.94 bits per heavy atom. The van der Waals surface area contributed by atoms with E-state index in [1.807, 2.05) is 0 Å². The number of ether oxygens (including phenoxy) is 1.